The predicted molar refractivity (Wildman–Crippen MR) is 76.3 cm³/mol. The fourth-order valence-corrected chi connectivity index (χ4v) is 2.84. The zero-order valence-corrected chi connectivity index (χ0v) is 12.7. The summed E-state index contributed by atoms with van der Waals surface area (Å²) < 4.78 is 5.88. The van der Waals surface area contributed by atoms with E-state index in [-0.39, 0.29) is 6.04 Å². The maximum atomic E-state index is 11.4. The quantitative estimate of drug-likeness (QED) is 0.747. The summed E-state index contributed by atoms with van der Waals surface area (Å²) in [6.45, 7) is 8.44. The highest BCUT2D eigenvalue weighted by Gasteiger charge is 2.33. The smallest absolute Gasteiger partial charge is 0.323 e. The van der Waals surface area contributed by atoms with Crippen molar-refractivity contribution in [1.82, 2.24) is 5.32 Å². The second-order valence-electron chi connectivity index (χ2n) is 6.45. The largest absolute Gasteiger partial charge is 0.480 e. The Morgan fingerprint density at radius 1 is 1.47 bits per heavy atom. The van der Waals surface area contributed by atoms with E-state index < -0.39 is 11.5 Å². The summed E-state index contributed by atoms with van der Waals surface area (Å²) >= 11 is 0. The summed E-state index contributed by atoms with van der Waals surface area (Å²) in [4.78, 5) is 11.4. The van der Waals surface area contributed by atoms with E-state index in [1.54, 1.807) is 6.92 Å². The Morgan fingerprint density at radius 2 is 2.16 bits per heavy atom. The lowest BCUT2D eigenvalue weighted by molar-refractivity contribution is -0.145. The van der Waals surface area contributed by atoms with E-state index >= 15 is 0 Å². The van der Waals surface area contributed by atoms with Crippen molar-refractivity contribution in [3.63, 3.8) is 0 Å². The zero-order valence-electron chi connectivity index (χ0n) is 12.7. The van der Waals surface area contributed by atoms with Gasteiger partial charge in [-0.2, -0.15) is 0 Å². The number of hydrogen-bond acceptors (Lipinski definition) is 3. The number of nitrogens with one attached hydrogen (secondary N) is 1. The molecule has 3 unspecified atom stereocenters. The van der Waals surface area contributed by atoms with Gasteiger partial charge in [-0.05, 0) is 46.0 Å². The molecule has 1 aliphatic rings. The molecular formula is C15H29NO3. The number of carboxylic acid groups (broad SMARTS) is 1. The van der Waals surface area contributed by atoms with Crippen LogP contribution in [0.25, 0.3) is 0 Å². The predicted octanol–water partition coefficient (Wildman–Crippen LogP) is 2.81. The molecule has 0 radical (unpaired) electrons. The van der Waals surface area contributed by atoms with Gasteiger partial charge in [0.1, 0.15) is 5.54 Å². The molecule has 4 heteroatoms. The minimum absolute atomic E-state index is 0.149. The molecule has 2 N–H and O–H groups in total. The molecule has 0 saturated heterocycles. The monoisotopic (exact) mass is 271 g/mol. The Bertz CT molecular complexity index is 293. The van der Waals surface area contributed by atoms with E-state index in [9.17, 15) is 9.90 Å². The van der Waals surface area contributed by atoms with Crippen LogP contribution in [0.1, 0.15) is 59.8 Å². The van der Waals surface area contributed by atoms with Crippen LogP contribution >= 0.6 is 0 Å². The molecule has 19 heavy (non-hydrogen) atoms. The summed E-state index contributed by atoms with van der Waals surface area (Å²) in [7, 11) is 0. The minimum atomic E-state index is -0.894. The van der Waals surface area contributed by atoms with Crippen molar-refractivity contribution in [2.24, 2.45) is 5.92 Å². The summed E-state index contributed by atoms with van der Waals surface area (Å²) in [6.07, 6.45) is 5.58. The molecule has 0 aromatic heterocycles. The van der Waals surface area contributed by atoms with Crippen LogP contribution in [0.15, 0.2) is 0 Å². The van der Waals surface area contributed by atoms with Gasteiger partial charge in [0.15, 0.2) is 0 Å². The van der Waals surface area contributed by atoms with Crippen molar-refractivity contribution in [3.05, 3.63) is 0 Å². The van der Waals surface area contributed by atoms with Crippen LogP contribution in [-0.4, -0.2) is 35.4 Å². The number of rotatable bonds is 7. The Hall–Kier alpha value is -0.610. The van der Waals surface area contributed by atoms with E-state index in [0.717, 1.165) is 18.8 Å². The maximum Gasteiger partial charge on any atom is 0.323 e. The van der Waals surface area contributed by atoms with Crippen molar-refractivity contribution in [1.29, 1.82) is 0 Å². The van der Waals surface area contributed by atoms with Crippen LogP contribution in [0.5, 0.6) is 0 Å². The topological polar surface area (TPSA) is 58.6 Å². The van der Waals surface area contributed by atoms with Crippen LogP contribution in [0, 0.1) is 5.92 Å². The Labute approximate surface area is 116 Å². The number of carbonyl (C=O) groups is 1. The average Bonchev–Trinajstić information content (AvgIpc) is 2.27. The minimum Gasteiger partial charge on any atom is -0.480 e. The second kappa shape index (κ2) is 7.25. The van der Waals surface area contributed by atoms with E-state index in [1.807, 2.05) is 13.8 Å². The first kappa shape index (κ1) is 16.4. The highest BCUT2D eigenvalue weighted by atomic mass is 16.5. The van der Waals surface area contributed by atoms with E-state index in [4.69, 9.17) is 4.74 Å². The summed E-state index contributed by atoms with van der Waals surface area (Å²) in [6, 6.07) is 0.149. The molecule has 0 aliphatic heterocycles. The van der Waals surface area contributed by atoms with Crippen molar-refractivity contribution >= 4 is 5.97 Å². The summed E-state index contributed by atoms with van der Waals surface area (Å²) in [5.74, 6) is -0.0693. The zero-order chi connectivity index (χ0) is 14.5. The van der Waals surface area contributed by atoms with Crippen LogP contribution in [-0.2, 0) is 9.53 Å². The van der Waals surface area contributed by atoms with Gasteiger partial charge in [-0.25, -0.2) is 0 Å². The number of hydrogen-bond donors (Lipinski definition) is 2. The molecule has 3 atom stereocenters. The van der Waals surface area contributed by atoms with Gasteiger partial charge in [-0.1, -0.05) is 19.8 Å². The second-order valence-corrected chi connectivity index (χ2v) is 6.45. The summed E-state index contributed by atoms with van der Waals surface area (Å²) in [5.41, 5.74) is -0.894. The molecule has 0 aromatic rings. The van der Waals surface area contributed by atoms with Gasteiger partial charge < -0.3 is 9.84 Å². The molecule has 0 bridgehead atoms. The third kappa shape index (κ3) is 5.49. The number of aliphatic carboxylic acids is 1. The molecule has 0 heterocycles. The third-order valence-electron chi connectivity index (χ3n) is 3.92. The van der Waals surface area contributed by atoms with Gasteiger partial charge in [0.05, 0.1) is 6.10 Å². The normalized spacial score (nSPS) is 27.2. The van der Waals surface area contributed by atoms with Gasteiger partial charge in [0.25, 0.3) is 0 Å². The Kier molecular flexibility index (Phi) is 6.27. The first-order chi connectivity index (χ1) is 8.83. The lowest BCUT2D eigenvalue weighted by Crippen LogP contribution is -2.53. The standard InChI is InChI=1S/C15H29NO3/c1-11(2)16-15(4,14(17)18)8-9-19-13-7-5-6-12(3)10-13/h11-13,16H,5-10H2,1-4H3,(H,17,18). The molecule has 0 aromatic carbocycles. The van der Waals surface area contributed by atoms with Crippen molar-refractivity contribution in [2.75, 3.05) is 6.61 Å². The van der Waals surface area contributed by atoms with Crippen LogP contribution in [0.2, 0.25) is 0 Å². The molecule has 1 rings (SSSR count). The van der Waals surface area contributed by atoms with Crippen molar-refractivity contribution in [2.45, 2.75) is 77.5 Å². The highest BCUT2D eigenvalue weighted by Crippen LogP contribution is 2.26. The van der Waals surface area contributed by atoms with Crippen molar-refractivity contribution < 1.29 is 14.6 Å². The Morgan fingerprint density at radius 3 is 2.68 bits per heavy atom. The van der Waals surface area contributed by atoms with Gasteiger partial charge in [-0.15, -0.1) is 0 Å². The van der Waals surface area contributed by atoms with E-state index in [2.05, 4.69) is 12.2 Å². The number of carboxylic acids is 1. The van der Waals surface area contributed by atoms with Gasteiger partial charge in [0.2, 0.25) is 0 Å². The van der Waals surface area contributed by atoms with Gasteiger partial charge >= 0.3 is 5.97 Å². The highest BCUT2D eigenvalue weighted by molar-refractivity contribution is 5.78. The van der Waals surface area contributed by atoms with Gasteiger partial charge in [-0.3, -0.25) is 10.1 Å². The molecule has 1 saturated carbocycles. The van der Waals surface area contributed by atoms with E-state index in [0.29, 0.717) is 19.1 Å². The lowest BCUT2D eigenvalue weighted by atomic mass is 9.88. The summed E-state index contributed by atoms with van der Waals surface area (Å²) in [5, 5.41) is 12.5. The van der Waals surface area contributed by atoms with E-state index in [1.165, 1.54) is 12.8 Å². The Balaban J connectivity index is 2.37. The molecule has 112 valence electrons. The van der Waals surface area contributed by atoms with Crippen LogP contribution < -0.4 is 5.32 Å². The average molecular weight is 271 g/mol. The molecule has 1 aliphatic carbocycles. The van der Waals surface area contributed by atoms with Crippen LogP contribution in [0.4, 0.5) is 0 Å². The fraction of sp³-hybridized carbons (Fsp3) is 0.933. The number of ether oxygens (including phenoxy) is 1. The molecule has 0 spiro atoms. The molecule has 4 nitrogen and oxygen atoms in total. The maximum absolute atomic E-state index is 11.4. The first-order valence-electron chi connectivity index (χ1n) is 7.46. The first-order valence-corrected chi connectivity index (χ1v) is 7.46. The third-order valence-corrected chi connectivity index (χ3v) is 3.92. The van der Waals surface area contributed by atoms with Crippen LogP contribution in [0.3, 0.4) is 0 Å². The molecule has 0 amide bonds. The molecule has 1 fully saturated rings. The molecular weight excluding hydrogens is 242 g/mol. The van der Waals surface area contributed by atoms with Gasteiger partial charge in [0, 0.05) is 12.6 Å². The SMILES string of the molecule is CC1CCCC(OCCC(C)(NC(C)C)C(=O)O)C1. The lowest BCUT2D eigenvalue weighted by Gasteiger charge is -2.31. The fourth-order valence-electron chi connectivity index (χ4n) is 2.84. The van der Waals surface area contributed by atoms with Crippen molar-refractivity contribution in [3.8, 4) is 0 Å².